The fourth-order valence-corrected chi connectivity index (χ4v) is 4.09. The molecule has 152 valence electrons. The van der Waals surface area contributed by atoms with E-state index in [4.69, 9.17) is 9.26 Å². The lowest BCUT2D eigenvalue weighted by atomic mass is 9.89. The Labute approximate surface area is 170 Å². The number of hydrogen-bond donors (Lipinski definition) is 0. The van der Waals surface area contributed by atoms with E-state index < -0.39 is 0 Å². The molecule has 1 saturated heterocycles. The van der Waals surface area contributed by atoms with E-state index in [-0.39, 0.29) is 17.9 Å². The number of aromatic nitrogens is 2. The summed E-state index contributed by atoms with van der Waals surface area (Å²) in [5.74, 6) is 1.12. The van der Waals surface area contributed by atoms with Crippen LogP contribution in [0.25, 0.3) is 10.8 Å². The fraction of sp³-hybridized carbons (Fsp3) is 0.409. The molecule has 0 spiro atoms. The summed E-state index contributed by atoms with van der Waals surface area (Å²) >= 11 is 0. The molecule has 1 fully saturated rings. The first-order valence-corrected chi connectivity index (χ1v) is 9.79. The highest BCUT2D eigenvalue weighted by molar-refractivity contribution is 5.92. The van der Waals surface area contributed by atoms with Crippen molar-refractivity contribution in [1.29, 1.82) is 0 Å². The molecule has 7 heteroatoms. The van der Waals surface area contributed by atoms with Crippen molar-refractivity contribution < 1.29 is 14.1 Å². The summed E-state index contributed by atoms with van der Waals surface area (Å²) in [5.41, 5.74) is 0.418. The molecule has 1 atom stereocenters. The third kappa shape index (κ3) is 4.24. The molecule has 1 aromatic carbocycles. The first kappa shape index (κ1) is 19.4. The van der Waals surface area contributed by atoms with Gasteiger partial charge in [0, 0.05) is 49.4 Å². The van der Waals surface area contributed by atoms with Crippen LogP contribution in [0.3, 0.4) is 0 Å². The van der Waals surface area contributed by atoms with Crippen LogP contribution >= 0.6 is 0 Å². The lowest BCUT2D eigenvalue weighted by Crippen LogP contribution is -2.38. The van der Waals surface area contributed by atoms with Gasteiger partial charge in [-0.3, -0.25) is 9.78 Å². The van der Waals surface area contributed by atoms with Crippen LogP contribution in [0.2, 0.25) is 0 Å². The first-order chi connectivity index (χ1) is 13.9. The molecule has 3 aromatic rings. The molecule has 29 heavy (non-hydrogen) atoms. The van der Waals surface area contributed by atoms with Crippen LogP contribution in [0.5, 0.6) is 5.75 Å². The summed E-state index contributed by atoms with van der Waals surface area (Å²) in [6.45, 7) is 5.17. The van der Waals surface area contributed by atoms with Crippen molar-refractivity contribution >= 4 is 16.7 Å². The van der Waals surface area contributed by atoms with Gasteiger partial charge in [-0.2, -0.15) is 0 Å². The monoisotopic (exact) mass is 394 g/mol. The van der Waals surface area contributed by atoms with Gasteiger partial charge in [0.2, 0.25) is 0 Å². The maximum Gasteiger partial charge on any atom is 0.275 e. The van der Waals surface area contributed by atoms with Crippen LogP contribution in [0.4, 0.5) is 0 Å². The molecular weight excluding hydrogens is 368 g/mol. The second-order valence-electron chi connectivity index (χ2n) is 8.28. The number of ether oxygens (including phenoxy) is 1. The molecule has 1 aliphatic rings. The second kappa shape index (κ2) is 7.83. The minimum absolute atomic E-state index is 0.109. The van der Waals surface area contributed by atoms with Gasteiger partial charge in [-0.25, -0.2) is 0 Å². The smallest absolute Gasteiger partial charge is 0.275 e. The molecule has 0 radical (unpaired) electrons. The summed E-state index contributed by atoms with van der Waals surface area (Å²) in [4.78, 5) is 20.9. The summed E-state index contributed by atoms with van der Waals surface area (Å²) in [6.07, 6.45) is 4.62. The van der Waals surface area contributed by atoms with Crippen LogP contribution in [0, 0.1) is 5.41 Å². The maximum absolute atomic E-state index is 12.8. The third-order valence-electron chi connectivity index (χ3n) is 5.50. The van der Waals surface area contributed by atoms with Crippen molar-refractivity contribution in [2.75, 3.05) is 33.7 Å². The van der Waals surface area contributed by atoms with Gasteiger partial charge in [-0.1, -0.05) is 24.2 Å². The van der Waals surface area contributed by atoms with E-state index in [9.17, 15) is 4.79 Å². The van der Waals surface area contributed by atoms with Gasteiger partial charge in [-0.15, -0.1) is 0 Å². The third-order valence-corrected chi connectivity index (χ3v) is 5.50. The highest BCUT2D eigenvalue weighted by Gasteiger charge is 2.34. The van der Waals surface area contributed by atoms with Crippen molar-refractivity contribution in [2.45, 2.75) is 20.0 Å². The molecule has 0 bridgehead atoms. The molecule has 7 nitrogen and oxygen atoms in total. The number of pyridine rings is 1. The maximum atomic E-state index is 12.8. The predicted molar refractivity (Wildman–Crippen MR) is 110 cm³/mol. The lowest BCUT2D eigenvalue weighted by molar-refractivity contribution is 0.0719. The Morgan fingerprint density at radius 1 is 1.38 bits per heavy atom. The van der Waals surface area contributed by atoms with Gasteiger partial charge in [0.05, 0.1) is 0 Å². The van der Waals surface area contributed by atoms with Gasteiger partial charge < -0.3 is 19.1 Å². The number of benzene rings is 1. The summed E-state index contributed by atoms with van der Waals surface area (Å²) in [5, 5.41) is 5.94. The van der Waals surface area contributed by atoms with E-state index in [0.717, 1.165) is 36.0 Å². The topological polar surface area (TPSA) is 71.7 Å². The van der Waals surface area contributed by atoms with Crippen LogP contribution in [-0.4, -0.2) is 59.6 Å². The number of amides is 1. The van der Waals surface area contributed by atoms with Gasteiger partial charge >= 0.3 is 0 Å². The molecule has 0 saturated carbocycles. The highest BCUT2D eigenvalue weighted by Crippen LogP contribution is 2.30. The largest absolute Gasteiger partial charge is 0.485 e. The zero-order chi connectivity index (χ0) is 20.4. The molecule has 0 aliphatic carbocycles. The number of nitrogens with zero attached hydrogens (tertiary/aromatic N) is 4. The van der Waals surface area contributed by atoms with Crippen LogP contribution < -0.4 is 4.74 Å². The van der Waals surface area contributed by atoms with Crippen molar-refractivity contribution in [3.8, 4) is 5.75 Å². The minimum atomic E-state index is -0.132. The van der Waals surface area contributed by atoms with E-state index >= 15 is 0 Å². The average molecular weight is 394 g/mol. The predicted octanol–water partition coefficient (Wildman–Crippen LogP) is 3.22. The number of carbonyl (C=O) groups is 1. The van der Waals surface area contributed by atoms with Gasteiger partial charge in [0.25, 0.3) is 5.91 Å². The number of fused-ring (bicyclic) bond motifs is 1. The molecule has 1 aliphatic heterocycles. The zero-order valence-electron chi connectivity index (χ0n) is 17.1. The number of likely N-dealkylation sites (tertiary alicyclic amines) is 1. The Morgan fingerprint density at radius 2 is 2.24 bits per heavy atom. The van der Waals surface area contributed by atoms with Crippen LogP contribution in [0.1, 0.15) is 29.6 Å². The van der Waals surface area contributed by atoms with E-state index in [2.05, 4.69) is 29.0 Å². The van der Waals surface area contributed by atoms with Crippen LogP contribution in [-0.2, 0) is 6.61 Å². The summed E-state index contributed by atoms with van der Waals surface area (Å²) in [6, 6.07) is 9.38. The molecule has 4 rings (SSSR count). The van der Waals surface area contributed by atoms with E-state index in [1.54, 1.807) is 23.4 Å². The van der Waals surface area contributed by atoms with Crippen LogP contribution in [0.15, 0.2) is 47.2 Å². The molecule has 0 unspecified atom stereocenters. The standard InChI is InChI=1S/C22H26N4O3/c1-22(8-10-25(2)14-22)15-26(3)21(27)19-11-17(29-24-19)13-28-20-6-4-5-16-12-23-9-7-18(16)20/h4-7,9,11-12H,8,10,13-15H2,1-3H3/t22-/m0/s1. The van der Waals surface area contributed by atoms with E-state index in [1.807, 2.05) is 31.3 Å². The Morgan fingerprint density at radius 3 is 3.03 bits per heavy atom. The number of rotatable bonds is 6. The lowest BCUT2D eigenvalue weighted by Gasteiger charge is -2.29. The molecular formula is C22H26N4O3. The second-order valence-corrected chi connectivity index (χ2v) is 8.28. The first-order valence-electron chi connectivity index (χ1n) is 9.79. The Bertz CT molecular complexity index is 1010. The van der Waals surface area contributed by atoms with Crippen molar-refractivity contribution in [3.63, 3.8) is 0 Å². The summed E-state index contributed by atoms with van der Waals surface area (Å²) in [7, 11) is 3.93. The van der Waals surface area contributed by atoms with Crippen molar-refractivity contribution in [1.82, 2.24) is 19.9 Å². The average Bonchev–Trinajstić information content (AvgIpc) is 3.32. The Balaban J connectivity index is 1.39. The molecule has 3 heterocycles. The minimum Gasteiger partial charge on any atom is -0.485 e. The van der Waals surface area contributed by atoms with Gasteiger partial charge in [0.1, 0.15) is 12.4 Å². The van der Waals surface area contributed by atoms with Gasteiger partial charge in [0.15, 0.2) is 11.5 Å². The number of hydrogen-bond acceptors (Lipinski definition) is 6. The normalized spacial score (nSPS) is 19.6. The van der Waals surface area contributed by atoms with E-state index in [0.29, 0.717) is 18.0 Å². The molecule has 0 N–H and O–H groups in total. The Kier molecular flexibility index (Phi) is 5.24. The SMILES string of the molecule is CN1CC[C@](C)(CN(C)C(=O)c2cc(COc3cccc4cnccc34)on2)C1. The Hall–Kier alpha value is -2.93. The van der Waals surface area contributed by atoms with Crippen molar-refractivity contribution in [2.24, 2.45) is 5.41 Å². The molecule has 1 amide bonds. The van der Waals surface area contributed by atoms with Crippen molar-refractivity contribution in [3.05, 3.63) is 54.2 Å². The summed E-state index contributed by atoms with van der Waals surface area (Å²) < 4.78 is 11.2. The quantitative estimate of drug-likeness (QED) is 0.639. The zero-order valence-corrected chi connectivity index (χ0v) is 17.1. The molecule has 2 aromatic heterocycles. The number of carbonyl (C=O) groups excluding carboxylic acids is 1. The fourth-order valence-electron chi connectivity index (χ4n) is 4.09. The highest BCUT2D eigenvalue weighted by atomic mass is 16.5. The van der Waals surface area contributed by atoms with E-state index in [1.165, 1.54) is 0 Å². The van der Waals surface area contributed by atoms with Gasteiger partial charge in [-0.05, 0) is 37.6 Å².